The van der Waals surface area contributed by atoms with Crippen molar-refractivity contribution in [3.63, 3.8) is 0 Å². The fourth-order valence-corrected chi connectivity index (χ4v) is 2.75. The highest BCUT2D eigenvalue weighted by Crippen LogP contribution is 2.26. The molecule has 0 aromatic carbocycles. The molecular formula is C13H18N4O4S. The van der Waals surface area contributed by atoms with Crippen LogP contribution in [0.15, 0.2) is 0 Å². The number of amides is 2. The lowest BCUT2D eigenvalue weighted by Crippen LogP contribution is -2.42. The van der Waals surface area contributed by atoms with E-state index in [0.717, 1.165) is 11.5 Å². The number of hydrogen-bond acceptors (Lipinski definition) is 7. The Balaban J connectivity index is 2.00. The normalized spacial score (nSPS) is 18.5. The Kier molecular flexibility index (Phi) is 4.45. The lowest BCUT2D eigenvalue weighted by Gasteiger charge is -2.31. The molecule has 0 radical (unpaired) electrons. The Hall–Kier alpha value is -2.03. The van der Waals surface area contributed by atoms with Crippen molar-refractivity contribution in [1.29, 1.82) is 0 Å². The molecule has 0 saturated carbocycles. The predicted octanol–water partition coefficient (Wildman–Crippen LogP) is 0.910. The summed E-state index contributed by atoms with van der Waals surface area (Å²) in [5, 5.41) is 2.81. The van der Waals surface area contributed by atoms with Crippen molar-refractivity contribution in [3.8, 4) is 0 Å². The largest absolute Gasteiger partial charge is 0.463 e. The molecule has 1 fully saturated rings. The topological polar surface area (TPSA) is 101 Å². The van der Waals surface area contributed by atoms with Gasteiger partial charge >= 0.3 is 5.97 Å². The van der Waals surface area contributed by atoms with Gasteiger partial charge in [-0.25, -0.2) is 4.79 Å². The van der Waals surface area contributed by atoms with Crippen LogP contribution in [0.3, 0.4) is 0 Å². The maximum Gasteiger partial charge on any atom is 0.377 e. The van der Waals surface area contributed by atoms with Gasteiger partial charge in [-0.2, -0.15) is 9.36 Å². The maximum atomic E-state index is 12.2. The first kappa shape index (κ1) is 16.3. The van der Waals surface area contributed by atoms with Crippen molar-refractivity contribution in [1.82, 2.24) is 14.3 Å². The SMILES string of the molecule is COC(=O)c1nsc(NC(=O)C2CC(=O)N(C(C)(C)C)C2)n1. The molecule has 2 amide bonds. The van der Waals surface area contributed by atoms with Crippen LogP contribution in [-0.2, 0) is 14.3 Å². The molecular weight excluding hydrogens is 308 g/mol. The second kappa shape index (κ2) is 5.99. The number of nitrogens with one attached hydrogen (secondary N) is 1. The molecule has 1 aliphatic heterocycles. The predicted molar refractivity (Wildman–Crippen MR) is 79.5 cm³/mol. The first-order valence-corrected chi connectivity index (χ1v) is 7.53. The van der Waals surface area contributed by atoms with Gasteiger partial charge in [0.25, 0.3) is 5.82 Å². The van der Waals surface area contributed by atoms with E-state index in [1.54, 1.807) is 4.90 Å². The Labute approximate surface area is 132 Å². The highest BCUT2D eigenvalue weighted by molar-refractivity contribution is 7.10. The van der Waals surface area contributed by atoms with Crippen molar-refractivity contribution >= 4 is 34.4 Å². The van der Waals surface area contributed by atoms with Gasteiger partial charge in [-0.1, -0.05) is 0 Å². The highest BCUT2D eigenvalue weighted by Gasteiger charge is 2.39. The van der Waals surface area contributed by atoms with Gasteiger partial charge in [0.15, 0.2) is 0 Å². The van der Waals surface area contributed by atoms with Crippen LogP contribution in [-0.4, -0.2) is 51.2 Å². The molecule has 1 unspecified atom stereocenters. The molecule has 2 heterocycles. The number of nitrogens with zero attached hydrogens (tertiary/aromatic N) is 3. The standard InChI is InChI=1S/C13H18N4O4S/c1-13(2,3)17-6-7(5-8(17)18)10(19)15-12-14-9(16-22-12)11(20)21-4/h7H,5-6H2,1-4H3,(H,14,15,16,19). The molecule has 9 heteroatoms. The lowest BCUT2D eigenvalue weighted by molar-refractivity contribution is -0.131. The molecule has 1 aliphatic rings. The van der Waals surface area contributed by atoms with Gasteiger partial charge < -0.3 is 15.0 Å². The summed E-state index contributed by atoms with van der Waals surface area (Å²) in [6.07, 6.45) is 0.172. The van der Waals surface area contributed by atoms with Crippen LogP contribution in [0, 0.1) is 5.92 Å². The summed E-state index contributed by atoms with van der Waals surface area (Å²) in [5.41, 5.74) is -0.313. The van der Waals surface area contributed by atoms with E-state index >= 15 is 0 Å². The zero-order valence-electron chi connectivity index (χ0n) is 12.9. The van der Waals surface area contributed by atoms with Crippen LogP contribution in [0.4, 0.5) is 5.13 Å². The van der Waals surface area contributed by atoms with Crippen molar-refractivity contribution in [2.24, 2.45) is 5.92 Å². The number of carbonyl (C=O) groups excluding carboxylic acids is 3. The van der Waals surface area contributed by atoms with E-state index in [9.17, 15) is 14.4 Å². The quantitative estimate of drug-likeness (QED) is 0.829. The average molecular weight is 326 g/mol. The Morgan fingerprint density at radius 3 is 2.64 bits per heavy atom. The van der Waals surface area contributed by atoms with Crippen LogP contribution >= 0.6 is 11.5 Å². The van der Waals surface area contributed by atoms with E-state index < -0.39 is 11.9 Å². The first-order valence-electron chi connectivity index (χ1n) is 6.75. The van der Waals surface area contributed by atoms with Gasteiger partial charge in [0.1, 0.15) is 0 Å². The molecule has 0 spiro atoms. The van der Waals surface area contributed by atoms with Crippen LogP contribution < -0.4 is 5.32 Å². The Morgan fingerprint density at radius 1 is 1.41 bits per heavy atom. The van der Waals surface area contributed by atoms with Crippen LogP contribution in [0.25, 0.3) is 0 Å². The number of rotatable bonds is 3. The van der Waals surface area contributed by atoms with E-state index in [2.05, 4.69) is 19.4 Å². The summed E-state index contributed by atoms with van der Waals surface area (Å²) < 4.78 is 8.30. The summed E-state index contributed by atoms with van der Waals surface area (Å²) in [6, 6.07) is 0. The van der Waals surface area contributed by atoms with Crippen molar-refractivity contribution < 1.29 is 19.1 Å². The summed E-state index contributed by atoms with van der Waals surface area (Å²) in [6.45, 7) is 6.16. The molecule has 8 nitrogen and oxygen atoms in total. The summed E-state index contributed by atoms with van der Waals surface area (Å²) >= 11 is 0.895. The molecule has 1 aromatic rings. The number of anilines is 1. The fraction of sp³-hybridized carbons (Fsp3) is 0.615. The van der Waals surface area contributed by atoms with E-state index in [4.69, 9.17) is 0 Å². The van der Waals surface area contributed by atoms with E-state index in [-0.39, 0.29) is 34.7 Å². The third-order valence-corrected chi connectivity index (χ3v) is 3.96. The second-order valence-electron chi connectivity index (χ2n) is 5.98. The van der Waals surface area contributed by atoms with Crippen LogP contribution in [0.5, 0.6) is 0 Å². The molecule has 1 aromatic heterocycles. The minimum absolute atomic E-state index is 0.0415. The van der Waals surface area contributed by atoms with Gasteiger partial charge in [-0.05, 0) is 20.8 Å². The number of carbonyl (C=O) groups is 3. The number of hydrogen-bond donors (Lipinski definition) is 1. The number of ether oxygens (including phenoxy) is 1. The van der Waals surface area contributed by atoms with Crippen molar-refractivity contribution in [3.05, 3.63) is 5.82 Å². The second-order valence-corrected chi connectivity index (χ2v) is 6.73. The zero-order valence-corrected chi connectivity index (χ0v) is 13.7. The molecule has 22 heavy (non-hydrogen) atoms. The third-order valence-electron chi connectivity index (χ3n) is 3.33. The highest BCUT2D eigenvalue weighted by atomic mass is 32.1. The van der Waals surface area contributed by atoms with Gasteiger partial charge in [-0.15, -0.1) is 0 Å². The number of methoxy groups -OCH3 is 1. The number of esters is 1. The zero-order chi connectivity index (χ0) is 16.5. The average Bonchev–Trinajstić information content (AvgIpc) is 3.03. The van der Waals surface area contributed by atoms with Gasteiger partial charge in [0.2, 0.25) is 16.9 Å². The summed E-state index contributed by atoms with van der Waals surface area (Å²) in [4.78, 5) is 41.0. The van der Waals surface area contributed by atoms with Gasteiger partial charge in [-0.3, -0.25) is 9.59 Å². The lowest BCUT2D eigenvalue weighted by atomic mass is 10.1. The van der Waals surface area contributed by atoms with Crippen LogP contribution in [0.1, 0.15) is 37.8 Å². The minimum Gasteiger partial charge on any atom is -0.463 e. The maximum absolute atomic E-state index is 12.2. The van der Waals surface area contributed by atoms with Crippen LogP contribution in [0.2, 0.25) is 0 Å². The molecule has 1 saturated heterocycles. The van der Waals surface area contributed by atoms with Crippen molar-refractivity contribution in [2.45, 2.75) is 32.7 Å². The van der Waals surface area contributed by atoms with E-state index in [1.165, 1.54) is 7.11 Å². The number of aromatic nitrogens is 2. The Bertz CT molecular complexity index is 607. The molecule has 0 aliphatic carbocycles. The molecule has 1 atom stereocenters. The smallest absolute Gasteiger partial charge is 0.377 e. The van der Waals surface area contributed by atoms with Crippen molar-refractivity contribution in [2.75, 3.05) is 19.0 Å². The Morgan fingerprint density at radius 2 is 2.09 bits per heavy atom. The van der Waals surface area contributed by atoms with E-state index in [0.29, 0.717) is 6.54 Å². The monoisotopic (exact) mass is 326 g/mol. The van der Waals surface area contributed by atoms with Gasteiger partial charge in [0.05, 0.1) is 13.0 Å². The molecule has 1 N–H and O–H groups in total. The minimum atomic E-state index is -0.660. The molecule has 120 valence electrons. The molecule has 0 bridgehead atoms. The molecule has 2 rings (SSSR count). The number of likely N-dealkylation sites (tertiary alicyclic amines) is 1. The summed E-state index contributed by atoms with van der Waals surface area (Å²) in [5.74, 6) is -1.53. The summed E-state index contributed by atoms with van der Waals surface area (Å²) in [7, 11) is 1.23. The third kappa shape index (κ3) is 3.41. The van der Waals surface area contributed by atoms with Gasteiger partial charge in [0, 0.05) is 30.0 Å². The fourth-order valence-electron chi connectivity index (χ4n) is 2.19. The van der Waals surface area contributed by atoms with E-state index in [1.807, 2.05) is 20.8 Å². The first-order chi connectivity index (χ1) is 10.2.